The molecule has 0 aliphatic rings. The topological polar surface area (TPSA) is 111 Å². The van der Waals surface area contributed by atoms with E-state index in [0.29, 0.717) is 0 Å². The van der Waals surface area contributed by atoms with Gasteiger partial charge >= 0.3 is 5.97 Å². The third-order valence-corrected chi connectivity index (χ3v) is 3.84. The molecular weight excluding hydrogens is 364 g/mol. The number of rotatable bonds is 10. The van der Waals surface area contributed by atoms with Gasteiger partial charge in [0.25, 0.3) is 5.69 Å². The number of nitro groups is 1. The van der Waals surface area contributed by atoms with Gasteiger partial charge in [0, 0.05) is 18.6 Å². The molecule has 8 nitrogen and oxygen atoms in total. The molecule has 2 aromatic rings. The molecule has 0 heterocycles. The highest BCUT2D eigenvalue weighted by molar-refractivity contribution is 5.89. The van der Waals surface area contributed by atoms with Gasteiger partial charge in [0.1, 0.15) is 12.2 Å². The number of ether oxygens (including phenoxy) is 2. The number of esters is 1. The highest BCUT2D eigenvalue weighted by Gasteiger charge is 2.19. The molecule has 2 rings (SSSR count). The SMILES string of the molecule is C=C[C@H](C[C@H](C=NO)OCc1ccccc1)OC(=O)c1ccc([N+](=O)[O-])cc1. The van der Waals surface area contributed by atoms with E-state index in [-0.39, 0.29) is 24.3 Å². The Morgan fingerprint density at radius 2 is 1.86 bits per heavy atom. The highest BCUT2D eigenvalue weighted by Crippen LogP contribution is 2.15. The Morgan fingerprint density at radius 1 is 1.18 bits per heavy atom. The van der Waals surface area contributed by atoms with Crippen LogP contribution >= 0.6 is 0 Å². The van der Waals surface area contributed by atoms with E-state index in [2.05, 4.69) is 11.7 Å². The first kappa shape index (κ1) is 20.8. The summed E-state index contributed by atoms with van der Waals surface area (Å²) in [4.78, 5) is 22.4. The van der Waals surface area contributed by atoms with Crippen LogP contribution in [0.4, 0.5) is 5.69 Å². The summed E-state index contributed by atoms with van der Waals surface area (Å²) in [5.74, 6) is -0.650. The van der Waals surface area contributed by atoms with Gasteiger partial charge in [-0.05, 0) is 17.7 Å². The molecule has 146 valence electrons. The number of hydrogen-bond donors (Lipinski definition) is 1. The second-order valence-electron chi connectivity index (χ2n) is 5.82. The molecule has 0 unspecified atom stereocenters. The average molecular weight is 384 g/mol. The van der Waals surface area contributed by atoms with Crippen LogP contribution in [-0.2, 0) is 16.1 Å². The van der Waals surface area contributed by atoms with Crippen LogP contribution in [0.25, 0.3) is 0 Å². The van der Waals surface area contributed by atoms with Crippen LogP contribution in [0.2, 0.25) is 0 Å². The zero-order valence-corrected chi connectivity index (χ0v) is 15.0. The molecule has 1 N–H and O–H groups in total. The number of hydrogen-bond acceptors (Lipinski definition) is 7. The van der Waals surface area contributed by atoms with Gasteiger partial charge in [-0.1, -0.05) is 48.1 Å². The maximum Gasteiger partial charge on any atom is 0.338 e. The summed E-state index contributed by atoms with van der Waals surface area (Å²) < 4.78 is 11.1. The first-order chi connectivity index (χ1) is 13.5. The lowest BCUT2D eigenvalue weighted by atomic mass is 10.1. The van der Waals surface area contributed by atoms with Crippen molar-refractivity contribution >= 4 is 17.9 Å². The van der Waals surface area contributed by atoms with Gasteiger partial charge in [-0.3, -0.25) is 10.1 Å². The molecule has 0 aromatic heterocycles. The average Bonchev–Trinajstić information content (AvgIpc) is 2.72. The zero-order chi connectivity index (χ0) is 20.4. The molecule has 0 fully saturated rings. The van der Waals surface area contributed by atoms with Gasteiger partial charge in [0.2, 0.25) is 0 Å². The Hall–Kier alpha value is -3.52. The number of nitro benzene ring substituents is 1. The fraction of sp³-hybridized carbons (Fsp3) is 0.200. The Bertz CT molecular complexity index is 820. The Labute approximate surface area is 161 Å². The molecule has 0 bridgehead atoms. The van der Waals surface area contributed by atoms with Gasteiger partial charge in [0.15, 0.2) is 0 Å². The lowest BCUT2D eigenvalue weighted by Crippen LogP contribution is -2.25. The van der Waals surface area contributed by atoms with E-state index in [1.54, 1.807) is 0 Å². The van der Waals surface area contributed by atoms with E-state index in [4.69, 9.17) is 14.7 Å². The molecule has 2 atom stereocenters. The molecule has 0 aliphatic heterocycles. The van der Waals surface area contributed by atoms with Crippen molar-refractivity contribution in [2.24, 2.45) is 5.16 Å². The molecule has 0 saturated carbocycles. The minimum absolute atomic E-state index is 0.120. The normalized spacial score (nSPS) is 13.0. The van der Waals surface area contributed by atoms with Crippen molar-refractivity contribution in [1.29, 1.82) is 0 Å². The standard InChI is InChI=1S/C20H20N2O6/c1-2-18(28-20(23)16-8-10-17(11-9-16)22(25)26)12-19(13-21-24)27-14-15-6-4-3-5-7-15/h2-11,13,18-19,24H,1,12,14H2/t18-,19-/m1/s1. The van der Waals surface area contributed by atoms with Crippen LogP contribution in [0.15, 0.2) is 72.4 Å². The molecule has 0 amide bonds. The maximum absolute atomic E-state index is 12.3. The van der Waals surface area contributed by atoms with E-state index < -0.39 is 23.1 Å². The number of nitrogens with zero attached hydrogens (tertiary/aromatic N) is 2. The van der Waals surface area contributed by atoms with Crippen LogP contribution in [0.5, 0.6) is 0 Å². The van der Waals surface area contributed by atoms with Gasteiger partial charge < -0.3 is 14.7 Å². The van der Waals surface area contributed by atoms with Crippen LogP contribution in [0.1, 0.15) is 22.3 Å². The second kappa shape index (κ2) is 10.6. The molecule has 2 aromatic carbocycles. The molecular formula is C20H20N2O6. The quantitative estimate of drug-likeness (QED) is 0.167. The predicted octanol–water partition coefficient (Wildman–Crippen LogP) is 3.74. The first-order valence-electron chi connectivity index (χ1n) is 8.44. The summed E-state index contributed by atoms with van der Waals surface area (Å²) in [5, 5.41) is 22.5. The lowest BCUT2D eigenvalue weighted by molar-refractivity contribution is -0.384. The summed E-state index contributed by atoms with van der Waals surface area (Å²) in [7, 11) is 0. The Balaban J connectivity index is 1.96. The predicted molar refractivity (Wildman–Crippen MR) is 102 cm³/mol. The Morgan fingerprint density at radius 3 is 2.43 bits per heavy atom. The molecule has 0 saturated heterocycles. The fourth-order valence-corrected chi connectivity index (χ4v) is 2.37. The van der Waals surface area contributed by atoms with E-state index in [1.165, 1.54) is 36.6 Å². The number of benzene rings is 2. The smallest absolute Gasteiger partial charge is 0.338 e. The number of carbonyl (C=O) groups excluding carboxylic acids is 1. The number of non-ortho nitro benzene ring substituents is 1. The first-order valence-corrected chi connectivity index (χ1v) is 8.44. The Kier molecular flexibility index (Phi) is 7.86. The monoisotopic (exact) mass is 384 g/mol. The summed E-state index contributed by atoms with van der Waals surface area (Å²) in [6.07, 6.45) is 1.52. The van der Waals surface area contributed by atoms with Crippen LogP contribution < -0.4 is 0 Å². The van der Waals surface area contributed by atoms with Crippen molar-refractivity contribution in [2.75, 3.05) is 0 Å². The molecule has 28 heavy (non-hydrogen) atoms. The zero-order valence-electron chi connectivity index (χ0n) is 15.0. The maximum atomic E-state index is 12.3. The second-order valence-corrected chi connectivity index (χ2v) is 5.82. The molecule has 8 heteroatoms. The van der Waals surface area contributed by atoms with Crippen molar-refractivity contribution in [3.63, 3.8) is 0 Å². The minimum atomic E-state index is -0.707. The van der Waals surface area contributed by atoms with E-state index >= 15 is 0 Å². The van der Waals surface area contributed by atoms with E-state index in [9.17, 15) is 14.9 Å². The summed E-state index contributed by atoms with van der Waals surface area (Å²) in [6, 6.07) is 14.5. The summed E-state index contributed by atoms with van der Waals surface area (Å²) in [5.41, 5.74) is 0.997. The van der Waals surface area contributed by atoms with Gasteiger partial charge in [0.05, 0.1) is 23.3 Å². The number of oxime groups is 1. The largest absolute Gasteiger partial charge is 0.454 e. The number of carbonyl (C=O) groups is 1. The van der Waals surface area contributed by atoms with Crippen molar-refractivity contribution in [3.05, 3.63) is 88.5 Å². The highest BCUT2D eigenvalue weighted by atomic mass is 16.6. The van der Waals surface area contributed by atoms with Gasteiger partial charge in [-0.15, -0.1) is 0 Å². The molecule has 0 spiro atoms. The van der Waals surface area contributed by atoms with Crippen LogP contribution in [0, 0.1) is 10.1 Å². The van der Waals surface area contributed by atoms with Crippen molar-refractivity contribution in [3.8, 4) is 0 Å². The van der Waals surface area contributed by atoms with E-state index in [1.807, 2.05) is 30.3 Å². The summed E-state index contributed by atoms with van der Waals surface area (Å²) in [6.45, 7) is 3.94. The van der Waals surface area contributed by atoms with Gasteiger partial charge in [-0.2, -0.15) is 0 Å². The summed E-state index contributed by atoms with van der Waals surface area (Å²) >= 11 is 0. The van der Waals surface area contributed by atoms with Crippen LogP contribution in [-0.4, -0.2) is 34.5 Å². The fourth-order valence-electron chi connectivity index (χ4n) is 2.37. The van der Waals surface area contributed by atoms with E-state index in [0.717, 1.165) is 5.56 Å². The van der Waals surface area contributed by atoms with Crippen molar-refractivity contribution < 1.29 is 24.4 Å². The lowest BCUT2D eigenvalue weighted by Gasteiger charge is -2.19. The third-order valence-electron chi connectivity index (χ3n) is 3.84. The van der Waals surface area contributed by atoms with Crippen molar-refractivity contribution in [1.82, 2.24) is 0 Å². The molecule has 0 aliphatic carbocycles. The molecule has 0 radical (unpaired) electrons. The van der Waals surface area contributed by atoms with Crippen LogP contribution in [0.3, 0.4) is 0 Å². The van der Waals surface area contributed by atoms with Gasteiger partial charge in [-0.25, -0.2) is 4.79 Å². The van der Waals surface area contributed by atoms with Crippen molar-refractivity contribution in [2.45, 2.75) is 25.2 Å². The minimum Gasteiger partial charge on any atom is -0.454 e. The third kappa shape index (κ3) is 6.33.